The third kappa shape index (κ3) is 2.63. The summed E-state index contributed by atoms with van der Waals surface area (Å²) in [6.45, 7) is 1.49. The van der Waals surface area contributed by atoms with E-state index < -0.39 is 0 Å². The van der Waals surface area contributed by atoms with E-state index in [-0.39, 0.29) is 18.4 Å². The molecule has 4 heteroatoms. The molecular weight excluding hydrogens is 214 g/mol. The number of carbonyl (C=O) groups is 1. The van der Waals surface area contributed by atoms with Crippen LogP contribution in [0.5, 0.6) is 0 Å². The minimum absolute atomic E-state index is 0.00440. The second-order valence-corrected chi connectivity index (χ2v) is 4.05. The zero-order valence-corrected chi connectivity index (χ0v) is 9.60. The maximum absolute atomic E-state index is 12.2. The largest absolute Gasteiger partial charge is 0.311 e. The number of para-hydroxylation sites is 1. The molecule has 0 radical (unpaired) electrons. The zero-order chi connectivity index (χ0) is 12.1. The second kappa shape index (κ2) is 5.46. The SMILES string of the molecule is N#CCC1NCCCN(c2ccccc2)C1=O. The van der Waals surface area contributed by atoms with Gasteiger partial charge in [0.1, 0.15) is 6.04 Å². The summed E-state index contributed by atoms with van der Waals surface area (Å²) in [7, 11) is 0. The van der Waals surface area contributed by atoms with Crippen molar-refractivity contribution in [3.05, 3.63) is 30.3 Å². The van der Waals surface area contributed by atoms with Gasteiger partial charge in [-0.25, -0.2) is 0 Å². The number of rotatable bonds is 2. The van der Waals surface area contributed by atoms with E-state index in [2.05, 4.69) is 11.4 Å². The van der Waals surface area contributed by atoms with Gasteiger partial charge in [0.05, 0.1) is 12.5 Å². The van der Waals surface area contributed by atoms with Crippen molar-refractivity contribution < 1.29 is 4.79 Å². The Hall–Kier alpha value is -1.86. The zero-order valence-electron chi connectivity index (χ0n) is 9.60. The van der Waals surface area contributed by atoms with Crippen LogP contribution in [0.2, 0.25) is 0 Å². The summed E-state index contributed by atoms with van der Waals surface area (Å²) in [6.07, 6.45) is 1.13. The standard InChI is InChI=1S/C13H15N3O/c14-8-7-12-13(17)16(10-4-9-15-12)11-5-2-1-3-6-11/h1-3,5-6,12,15H,4,7,9-10H2. The third-order valence-electron chi connectivity index (χ3n) is 2.88. The Balaban J connectivity index is 2.21. The molecule has 1 unspecified atom stereocenters. The van der Waals surface area contributed by atoms with Crippen LogP contribution < -0.4 is 10.2 Å². The minimum atomic E-state index is -0.372. The molecule has 1 N–H and O–H groups in total. The van der Waals surface area contributed by atoms with Gasteiger partial charge in [0.2, 0.25) is 5.91 Å². The molecule has 0 bridgehead atoms. The monoisotopic (exact) mass is 229 g/mol. The number of carbonyl (C=O) groups excluding carboxylic acids is 1. The van der Waals surface area contributed by atoms with E-state index in [0.717, 1.165) is 18.7 Å². The maximum atomic E-state index is 12.2. The number of hydrogen-bond donors (Lipinski definition) is 1. The topological polar surface area (TPSA) is 56.1 Å². The van der Waals surface area contributed by atoms with Gasteiger partial charge in [-0.05, 0) is 25.1 Å². The van der Waals surface area contributed by atoms with Crippen LogP contribution in [0.15, 0.2) is 30.3 Å². The maximum Gasteiger partial charge on any atom is 0.245 e. The van der Waals surface area contributed by atoms with E-state index in [1.807, 2.05) is 30.3 Å². The molecule has 0 saturated carbocycles. The van der Waals surface area contributed by atoms with Crippen molar-refractivity contribution in [1.29, 1.82) is 5.26 Å². The lowest BCUT2D eigenvalue weighted by molar-refractivity contribution is -0.120. The highest BCUT2D eigenvalue weighted by atomic mass is 16.2. The van der Waals surface area contributed by atoms with Crippen molar-refractivity contribution >= 4 is 11.6 Å². The Morgan fingerprint density at radius 3 is 2.88 bits per heavy atom. The molecule has 0 spiro atoms. The van der Waals surface area contributed by atoms with Crippen LogP contribution in [0.1, 0.15) is 12.8 Å². The summed E-state index contributed by atoms with van der Waals surface area (Å²) in [4.78, 5) is 14.0. The van der Waals surface area contributed by atoms with Crippen molar-refractivity contribution in [2.75, 3.05) is 18.0 Å². The van der Waals surface area contributed by atoms with Gasteiger partial charge in [-0.15, -0.1) is 0 Å². The van der Waals surface area contributed by atoms with Crippen molar-refractivity contribution in [2.45, 2.75) is 18.9 Å². The average molecular weight is 229 g/mol. The molecule has 1 saturated heterocycles. The van der Waals surface area contributed by atoms with Gasteiger partial charge in [0.25, 0.3) is 0 Å². The fourth-order valence-electron chi connectivity index (χ4n) is 2.01. The molecule has 1 aliphatic heterocycles. The number of hydrogen-bond acceptors (Lipinski definition) is 3. The van der Waals surface area contributed by atoms with Crippen molar-refractivity contribution in [1.82, 2.24) is 5.32 Å². The van der Waals surface area contributed by atoms with E-state index in [9.17, 15) is 4.79 Å². The molecule has 88 valence electrons. The van der Waals surface area contributed by atoms with E-state index >= 15 is 0 Å². The number of nitriles is 1. The Morgan fingerprint density at radius 1 is 1.41 bits per heavy atom. The molecule has 1 atom stereocenters. The first-order chi connectivity index (χ1) is 8.33. The first-order valence-electron chi connectivity index (χ1n) is 5.79. The number of nitrogens with one attached hydrogen (secondary N) is 1. The van der Waals surface area contributed by atoms with Crippen molar-refractivity contribution in [3.8, 4) is 6.07 Å². The van der Waals surface area contributed by atoms with Crippen LogP contribution in [-0.2, 0) is 4.79 Å². The molecule has 1 aromatic carbocycles. The summed E-state index contributed by atoms with van der Waals surface area (Å²) in [5, 5.41) is 11.8. The summed E-state index contributed by atoms with van der Waals surface area (Å²) < 4.78 is 0. The highest BCUT2D eigenvalue weighted by molar-refractivity contribution is 5.97. The molecule has 0 aromatic heterocycles. The lowest BCUT2D eigenvalue weighted by Crippen LogP contribution is -2.43. The number of benzene rings is 1. The normalized spacial score (nSPS) is 20.8. The Bertz CT molecular complexity index is 424. The highest BCUT2D eigenvalue weighted by Gasteiger charge is 2.27. The van der Waals surface area contributed by atoms with E-state index in [1.165, 1.54) is 0 Å². The van der Waals surface area contributed by atoms with E-state index in [1.54, 1.807) is 4.90 Å². The van der Waals surface area contributed by atoms with Gasteiger partial charge in [-0.3, -0.25) is 4.79 Å². The van der Waals surface area contributed by atoms with Crippen LogP contribution >= 0.6 is 0 Å². The van der Waals surface area contributed by atoms with Gasteiger partial charge < -0.3 is 10.2 Å². The Kier molecular flexibility index (Phi) is 3.73. The predicted molar refractivity (Wildman–Crippen MR) is 65.4 cm³/mol. The van der Waals surface area contributed by atoms with Crippen LogP contribution in [0.25, 0.3) is 0 Å². The first-order valence-corrected chi connectivity index (χ1v) is 5.79. The summed E-state index contributed by atoms with van der Waals surface area (Å²) in [5.41, 5.74) is 0.907. The van der Waals surface area contributed by atoms with Crippen LogP contribution in [0.4, 0.5) is 5.69 Å². The molecule has 1 amide bonds. The molecular formula is C13H15N3O. The number of amides is 1. The summed E-state index contributed by atoms with van der Waals surface area (Å²) >= 11 is 0. The molecule has 1 heterocycles. The number of nitrogens with zero attached hydrogens (tertiary/aromatic N) is 2. The van der Waals surface area contributed by atoms with Crippen LogP contribution in [0.3, 0.4) is 0 Å². The van der Waals surface area contributed by atoms with E-state index in [0.29, 0.717) is 6.54 Å². The molecule has 0 aliphatic carbocycles. The Labute approximate surface area is 101 Å². The quantitative estimate of drug-likeness (QED) is 0.831. The lowest BCUT2D eigenvalue weighted by atomic mass is 10.2. The molecule has 1 fully saturated rings. The molecule has 2 rings (SSSR count). The minimum Gasteiger partial charge on any atom is -0.311 e. The van der Waals surface area contributed by atoms with Crippen molar-refractivity contribution in [2.24, 2.45) is 0 Å². The summed E-state index contributed by atoms with van der Waals surface area (Å²) in [6, 6.07) is 11.3. The smallest absolute Gasteiger partial charge is 0.245 e. The number of anilines is 1. The van der Waals surface area contributed by atoms with E-state index in [4.69, 9.17) is 5.26 Å². The average Bonchev–Trinajstić information content (AvgIpc) is 2.54. The van der Waals surface area contributed by atoms with Gasteiger partial charge in [-0.2, -0.15) is 5.26 Å². The fourth-order valence-corrected chi connectivity index (χ4v) is 2.01. The Morgan fingerprint density at radius 2 is 2.18 bits per heavy atom. The van der Waals surface area contributed by atoms with Gasteiger partial charge in [0, 0.05) is 12.2 Å². The van der Waals surface area contributed by atoms with Crippen LogP contribution in [0, 0.1) is 11.3 Å². The predicted octanol–water partition coefficient (Wildman–Crippen LogP) is 1.30. The molecule has 4 nitrogen and oxygen atoms in total. The van der Waals surface area contributed by atoms with Gasteiger partial charge in [0.15, 0.2) is 0 Å². The molecule has 1 aromatic rings. The second-order valence-electron chi connectivity index (χ2n) is 4.05. The summed E-state index contributed by atoms with van der Waals surface area (Å²) in [5.74, 6) is -0.00440. The van der Waals surface area contributed by atoms with Crippen molar-refractivity contribution in [3.63, 3.8) is 0 Å². The molecule has 17 heavy (non-hydrogen) atoms. The molecule has 1 aliphatic rings. The van der Waals surface area contributed by atoms with Gasteiger partial charge in [-0.1, -0.05) is 18.2 Å². The third-order valence-corrected chi connectivity index (χ3v) is 2.88. The fraction of sp³-hybridized carbons (Fsp3) is 0.385. The first kappa shape index (κ1) is 11.6. The highest BCUT2D eigenvalue weighted by Crippen LogP contribution is 2.17. The lowest BCUT2D eigenvalue weighted by Gasteiger charge is -2.23. The van der Waals surface area contributed by atoms with Crippen LogP contribution in [-0.4, -0.2) is 25.0 Å². The van der Waals surface area contributed by atoms with Gasteiger partial charge >= 0.3 is 0 Å².